The highest BCUT2D eigenvalue weighted by Crippen LogP contribution is 2.22. The van der Waals surface area contributed by atoms with E-state index in [9.17, 15) is 0 Å². The van der Waals surface area contributed by atoms with Crippen molar-refractivity contribution in [3.63, 3.8) is 0 Å². The van der Waals surface area contributed by atoms with Crippen LogP contribution in [0.5, 0.6) is 5.75 Å². The maximum absolute atomic E-state index is 6.36. The van der Waals surface area contributed by atoms with Gasteiger partial charge in [-0.2, -0.15) is 0 Å². The highest BCUT2D eigenvalue weighted by molar-refractivity contribution is 5.83. The summed E-state index contributed by atoms with van der Waals surface area (Å²) in [7, 11) is 1.68. The van der Waals surface area contributed by atoms with Gasteiger partial charge < -0.3 is 10.5 Å². The van der Waals surface area contributed by atoms with Crippen LogP contribution in [0.2, 0.25) is 0 Å². The van der Waals surface area contributed by atoms with Crippen LogP contribution >= 0.6 is 0 Å². The van der Waals surface area contributed by atoms with Gasteiger partial charge in [-0.3, -0.25) is 0 Å². The number of methoxy groups -OCH3 is 1. The van der Waals surface area contributed by atoms with Crippen LogP contribution in [0.25, 0.3) is 10.8 Å². The summed E-state index contributed by atoms with van der Waals surface area (Å²) in [5.41, 5.74) is 8.75. The monoisotopic (exact) mass is 277 g/mol. The molecule has 0 saturated carbocycles. The van der Waals surface area contributed by atoms with Crippen molar-refractivity contribution in [1.29, 1.82) is 0 Å². The first-order chi connectivity index (χ1) is 10.3. The second-order valence-corrected chi connectivity index (χ2v) is 5.27. The van der Waals surface area contributed by atoms with Crippen LogP contribution in [-0.4, -0.2) is 7.11 Å². The van der Waals surface area contributed by atoms with E-state index >= 15 is 0 Å². The molecule has 0 radical (unpaired) electrons. The summed E-state index contributed by atoms with van der Waals surface area (Å²) in [6, 6.07) is 22.9. The Hall–Kier alpha value is -2.32. The summed E-state index contributed by atoms with van der Waals surface area (Å²) in [6.45, 7) is 0. The second-order valence-electron chi connectivity index (χ2n) is 5.27. The lowest BCUT2D eigenvalue weighted by Crippen LogP contribution is -2.13. The quantitative estimate of drug-likeness (QED) is 0.779. The van der Waals surface area contributed by atoms with E-state index in [0.29, 0.717) is 0 Å². The van der Waals surface area contributed by atoms with Gasteiger partial charge in [0, 0.05) is 6.04 Å². The molecule has 0 bridgehead atoms. The van der Waals surface area contributed by atoms with Crippen molar-refractivity contribution in [1.82, 2.24) is 0 Å². The Kier molecular flexibility index (Phi) is 3.89. The first kappa shape index (κ1) is 13.7. The molecule has 0 aliphatic carbocycles. The first-order valence-corrected chi connectivity index (χ1v) is 7.13. The van der Waals surface area contributed by atoms with Crippen LogP contribution in [0, 0.1) is 0 Å². The Morgan fingerprint density at radius 1 is 0.905 bits per heavy atom. The van der Waals surface area contributed by atoms with E-state index in [1.54, 1.807) is 7.11 Å². The Labute approximate surface area is 125 Å². The lowest BCUT2D eigenvalue weighted by molar-refractivity contribution is 0.414. The van der Waals surface area contributed by atoms with Crippen LogP contribution in [0.1, 0.15) is 17.2 Å². The molecule has 0 amide bonds. The molecule has 0 fully saturated rings. The predicted octanol–water partition coefficient (Wildman–Crippen LogP) is 4.09. The van der Waals surface area contributed by atoms with Gasteiger partial charge in [-0.1, -0.05) is 48.5 Å². The molecule has 106 valence electrons. The molecule has 0 saturated heterocycles. The zero-order valence-corrected chi connectivity index (χ0v) is 12.1. The smallest absolute Gasteiger partial charge is 0.118 e. The number of fused-ring (bicyclic) bond motifs is 1. The SMILES string of the molecule is COc1ccc(CC(N)c2ccc3ccccc3c2)cc1. The van der Waals surface area contributed by atoms with Gasteiger partial charge >= 0.3 is 0 Å². The van der Waals surface area contributed by atoms with Gasteiger partial charge in [0.1, 0.15) is 5.75 Å². The van der Waals surface area contributed by atoms with Crippen molar-refractivity contribution in [3.05, 3.63) is 77.9 Å². The van der Waals surface area contributed by atoms with Crippen LogP contribution in [0.3, 0.4) is 0 Å². The van der Waals surface area contributed by atoms with E-state index in [1.165, 1.54) is 21.9 Å². The summed E-state index contributed by atoms with van der Waals surface area (Å²) in [6.07, 6.45) is 0.822. The molecule has 0 spiro atoms. The lowest BCUT2D eigenvalue weighted by Gasteiger charge is -2.13. The van der Waals surface area contributed by atoms with Gasteiger partial charge in [0.25, 0.3) is 0 Å². The van der Waals surface area contributed by atoms with E-state index in [-0.39, 0.29) is 6.04 Å². The van der Waals surface area contributed by atoms with Gasteiger partial charge in [0.05, 0.1) is 7.11 Å². The Balaban J connectivity index is 1.80. The fourth-order valence-corrected chi connectivity index (χ4v) is 2.57. The first-order valence-electron chi connectivity index (χ1n) is 7.13. The number of rotatable bonds is 4. The molecule has 0 heterocycles. The molecule has 3 aromatic carbocycles. The minimum Gasteiger partial charge on any atom is -0.497 e. The molecule has 0 aromatic heterocycles. The van der Waals surface area contributed by atoms with Gasteiger partial charge in [-0.15, -0.1) is 0 Å². The minimum atomic E-state index is 0.00278. The maximum Gasteiger partial charge on any atom is 0.118 e. The molecule has 1 unspecified atom stereocenters. The summed E-state index contributed by atoms with van der Waals surface area (Å²) in [5.74, 6) is 0.873. The lowest BCUT2D eigenvalue weighted by atomic mass is 9.97. The van der Waals surface area contributed by atoms with Gasteiger partial charge in [0.15, 0.2) is 0 Å². The average Bonchev–Trinajstić information content (AvgIpc) is 2.55. The van der Waals surface area contributed by atoms with Crippen molar-refractivity contribution < 1.29 is 4.74 Å². The summed E-state index contributed by atoms with van der Waals surface area (Å²) >= 11 is 0. The number of benzene rings is 3. The zero-order valence-electron chi connectivity index (χ0n) is 12.1. The fourth-order valence-electron chi connectivity index (χ4n) is 2.57. The topological polar surface area (TPSA) is 35.2 Å². The van der Waals surface area contributed by atoms with Crippen molar-refractivity contribution in [3.8, 4) is 5.75 Å². The van der Waals surface area contributed by atoms with Crippen molar-refractivity contribution in [2.75, 3.05) is 7.11 Å². The summed E-state index contributed by atoms with van der Waals surface area (Å²) < 4.78 is 5.18. The highest BCUT2D eigenvalue weighted by atomic mass is 16.5. The number of ether oxygens (including phenoxy) is 1. The van der Waals surface area contributed by atoms with E-state index in [2.05, 4.69) is 54.6 Å². The molecule has 3 rings (SSSR count). The number of hydrogen-bond acceptors (Lipinski definition) is 2. The zero-order chi connectivity index (χ0) is 14.7. The van der Waals surface area contributed by atoms with Gasteiger partial charge in [-0.25, -0.2) is 0 Å². The Bertz CT molecular complexity index is 734. The molecule has 3 aromatic rings. The van der Waals surface area contributed by atoms with Gasteiger partial charge in [-0.05, 0) is 46.5 Å². The van der Waals surface area contributed by atoms with E-state index < -0.39 is 0 Å². The van der Waals surface area contributed by atoms with Crippen molar-refractivity contribution in [2.45, 2.75) is 12.5 Å². The Morgan fingerprint density at radius 3 is 2.33 bits per heavy atom. The summed E-state index contributed by atoms with van der Waals surface area (Å²) in [5, 5.41) is 2.48. The second kappa shape index (κ2) is 5.98. The third-order valence-electron chi connectivity index (χ3n) is 3.82. The minimum absolute atomic E-state index is 0.00278. The molecule has 2 heteroatoms. The molecule has 0 aliphatic heterocycles. The van der Waals surface area contributed by atoms with E-state index in [1.807, 2.05) is 12.1 Å². The number of hydrogen-bond donors (Lipinski definition) is 1. The average molecular weight is 277 g/mol. The molecular formula is C19H19NO. The van der Waals surface area contributed by atoms with Crippen LogP contribution in [0.15, 0.2) is 66.7 Å². The van der Waals surface area contributed by atoms with Crippen LogP contribution in [-0.2, 0) is 6.42 Å². The number of nitrogens with two attached hydrogens (primary N) is 1. The van der Waals surface area contributed by atoms with Crippen molar-refractivity contribution in [2.24, 2.45) is 5.73 Å². The van der Waals surface area contributed by atoms with Crippen molar-refractivity contribution >= 4 is 10.8 Å². The molecule has 2 N–H and O–H groups in total. The molecule has 21 heavy (non-hydrogen) atoms. The van der Waals surface area contributed by atoms with E-state index in [4.69, 9.17) is 10.5 Å². The third-order valence-corrected chi connectivity index (χ3v) is 3.82. The molecule has 1 atom stereocenters. The standard InChI is InChI=1S/C19H19NO/c1-21-18-10-6-14(7-11-18)12-19(20)17-9-8-15-4-2-3-5-16(15)13-17/h2-11,13,19H,12,20H2,1H3. The molecule has 2 nitrogen and oxygen atoms in total. The maximum atomic E-state index is 6.36. The third kappa shape index (κ3) is 3.06. The van der Waals surface area contributed by atoms with Crippen LogP contribution < -0.4 is 10.5 Å². The van der Waals surface area contributed by atoms with Gasteiger partial charge in [0.2, 0.25) is 0 Å². The summed E-state index contributed by atoms with van der Waals surface area (Å²) in [4.78, 5) is 0. The van der Waals surface area contributed by atoms with Crippen LogP contribution in [0.4, 0.5) is 0 Å². The normalized spacial score (nSPS) is 12.3. The van der Waals surface area contributed by atoms with E-state index in [0.717, 1.165) is 12.2 Å². The molecular weight excluding hydrogens is 258 g/mol. The predicted molar refractivity (Wildman–Crippen MR) is 87.6 cm³/mol. The molecule has 0 aliphatic rings. The largest absolute Gasteiger partial charge is 0.497 e. The highest BCUT2D eigenvalue weighted by Gasteiger charge is 2.08. The fraction of sp³-hybridized carbons (Fsp3) is 0.158. The Morgan fingerprint density at radius 2 is 1.62 bits per heavy atom.